The molecule has 0 saturated carbocycles. The summed E-state index contributed by atoms with van der Waals surface area (Å²) in [6, 6.07) is 11.3. The average Bonchev–Trinajstić information content (AvgIpc) is 2.69. The molecule has 2 aromatic rings. The molecule has 6 nitrogen and oxygen atoms in total. The molecule has 1 aromatic heterocycles. The van der Waals surface area contributed by atoms with Gasteiger partial charge in [0.25, 0.3) is 0 Å². The van der Waals surface area contributed by atoms with Gasteiger partial charge in [-0.15, -0.1) is 0 Å². The number of amides is 2. The van der Waals surface area contributed by atoms with Crippen LogP contribution < -0.4 is 0 Å². The maximum absolute atomic E-state index is 12.4. The minimum atomic E-state index is -0.237. The molecular formula is C22H21N3O3. The van der Waals surface area contributed by atoms with Gasteiger partial charge in [0, 0.05) is 42.9 Å². The summed E-state index contributed by atoms with van der Waals surface area (Å²) in [5, 5.41) is 9.81. The maximum Gasteiger partial charge on any atom is 0.242 e. The monoisotopic (exact) mass is 375 g/mol. The Morgan fingerprint density at radius 3 is 2.61 bits per heavy atom. The number of carbonyl (C=O) groups is 2. The number of fused-ring (bicyclic) bond motifs is 1. The Kier molecular flexibility index (Phi) is 4.84. The van der Waals surface area contributed by atoms with E-state index in [9.17, 15) is 14.7 Å². The van der Waals surface area contributed by atoms with Crippen LogP contribution in [0.1, 0.15) is 29.5 Å². The van der Waals surface area contributed by atoms with Crippen molar-refractivity contribution in [2.45, 2.75) is 24.9 Å². The lowest BCUT2D eigenvalue weighted by atomic mass is 9.73. The van der Waals surface area contributed by atoms with Gasteiger partial charge in [0.15, 0.2) is 0 Å². The lowest BCUT2D eigenvalue weighted by molar-refractivity contribution is -0.166. The summed E-state index contributed by atoms with van der Waals surface area (Å²) < 4.78 is 0. The van der Waals surface area contributed by atoms with Crippen molar-refractivity contribution in [2.24, 2.45) is 0 Å². The molecule has 2 saturated heterocycles. The fourth-order valence-electron chi connectivity index (χ4n) is 4.11. The van der Waals surface area contributed by atoms with Crippen molar-refractivity contribution < 1.29 is 14.7 Å². The van der Waals surface area contributed by atoms with Crippen LogP contribution in [0.25, 0.3) is 0 Å². The minimum absolute atomic E-state index is 0.0106. The number of hydrogen-bond donors (Lipinski definition) is 1. The molecule has 0 spiro atoms. The van der Waals surface area contributed by atoms with Crippen molar-refractivity contribution in [1.29, 1.82) is 0 Å². The predicted octanol–water partition coefficient (Wildman–Crippen LogP) is 0.999. The molecule has 1 N–H and O–H groups in total. The van der Waals surface area contributed by atoms with Gasteiger partial charge in [-0.05, 0) is 29.8 Å². The third-order valence-corrected chi connectivity index (χ3v) is 5.51. The smallest absolute Gasteiger partial charge is 0.242 e. The first-order valence-corrected chi connectivity index (χ1v) is 9.28. The normalized spacial score (nSPS) is 23.4. The lowest BCUT2D eigenvalue weighted by Crippen LogP contribution is -2.73. The number of hydrogen-bond acceptors (Lipinski definition) is 4. The Balaban J connectivity index is 1.54. The number of piperazine rings is 1. The molecule has 6 heteroatoms. The van der Waals surface area contributed by atoms with E-state index in [1.165, 1.54) is 6.92 Å². The highest BCUT2D eigenvalue weighted by molar-refractivity contribution is 5.87. The number of aromatic nitrogens is 1. The summed E-state index contributed by atoms with van der Waals surface area (Å²) in [5.74, 6) is 6.01. The Morgan fingerprint density at radius 1 is 1.21 bits per heavy atom. The van der Waals surface area contributed by atoms with E-state index >= 15 is 0 Å². The number of aliphatic hydroxyl groups excluding tert-OH is 1. The first-order chi connectivity index (χ1) is 13.6. The zero-order valence-corrected chi connectivity index (χ0v) is 15.6. The van der Waals surface area contributed by atoms with E-state index in [0.29, 0.717) is 6.54 Å². The summed E-state index contributed by atoms with van der Waals surface area (Å²) in [4.78, 5) is 31.5. The van der Waals surface area contributed by atoms with Crippen molar-refractivity contribution in [3.8, 4) is 11.8 Å². The molecule has 4 rings (SSSR count). The molecule has 28 heavy (non-hydrogen) atoms. The highest BCUT2D eigenvalue weighted by Gasteiger charge is 2.54. The molecule has 142 valence electrons. The Labute approximate surface area is 163 Å². The Bertz CT molecular complexity index is 946. The van der Waals surface area contributed by atoms with Crippen LogP contribution >= 0.6 is 0 Å². The standard InChI is InChI=1S/C22H21N3O3/c1-15(27)24-12-19-22(20(14-26)25(19)21(28)13-24)18-8-6-16(7-9-18)4-5-17-3-2-10-23-11-17/h2-3,6-11,19-20,22,26H,12-14H2,1H3/t19-,20-,22-/m0/s1. The summed E-state index contributed by atoms with van der Waals surface area (Å²) in [6.07, 6.45) is 3.43. The first kappa shape index (κ1) is 18.2. The van der Waals surface area contributed by atoms with Crippen molar-refractivity contribution in [1.82, 2.24) is 14.8 Å². The third-order valence-electron chi connectivity index (χ3n) is 5.51. The summed E-state index contributed by atoms with van der Waals surface area (Å²) in [5.41, 5.74) is 2.78. The fraction of sp³-hybridized carbons (Fsp3) is 0.318. The second kappa shape index (κ2) is 7.45. The van der Waals surface area contributed by atoms with Gasteiger partial charge in [-0.2, -0.15) is 0 Å². The molecule has 3 heterocycles. The molecular weight excluding hydrogens is 354 g/mol. The van der Waals surface area contributed by atoms with E-state index in [0.717, 1.165) is 16.7 Å². The van der Waals surface area contributed by atoms with Gasteiger partial charge in [-0.1, -0.05) is 24.0 Å². The van der Waals surface area contributed by atoms with Gasteiger partial charge in [0.1, 0.15) is 0 Å². The van der Waals surface area contributed by atoms with Crippen LogP contribution in [0.5, 0.6) is 0 Å². The molecule has 1 aromatic carbocycles. The van der Waals surface area contributed by atoms with Crippen LogP contribution in [0.15, 0.2) is 48.8 Å². The van der Waals surface area contributed by atoms with Crippen LogP contribution in [0.2, 0.25) is 0 Å². The van der Waals surface area contributed by atoms with E-state index in [2.05, 4.69) is 16.8 Å². The zero-order valence-electron chi connectivity index (χ0n) is 15.6. The van der Waals surface area contributed by atoms with E-state index in [4.69, 9.17) is 0 Å². The molecule has 2 aliphatic rings. The average molecular weight is 375 g/mol. The molecule has 2 fully saturated rings. The van der Waals surface area contributed by atoms with Crippen LogP contribution in [-0.4, -0.2) is 63.5 Å². The van der Waals surface area contributed by atoms with Gasteiger partial charge in [0.05, 0.1) is 25.2 Å². The summed E-state index contributed by atoms with van der Waals surface area (Å²) in [7, 11) is 0. The third kappa shape index (κ3) is 3.25. The number of carbonyl (C=O) groups excluding carboxylic acids is 2. The SMILES string of the molecule is CC(=O)N1CC(=O)N2[C@@H](CO)[C@@H](c3ccc(C#Cc4cccnc4)cc3)[C@@H]2C1. The minimum Gasteiger partial charge on any atom is -0.394 e. The first-order valence-electron chi connectivity index (χ1n) is 9.28. The van der Waals surface area contributed by atoms with Gasteiger partial charge in [-0.3, -0.25) is 14.6 Å². The topological polar surface area (TPSA) is 73.7 Å². The Morgan fingerprint density at radius 2 is 1.96 bits per heavy atom. The van der Waals surface area contributed by atoms with Crippen LogP contribution in [0.3, 0.4) is 0 Å². The number of pyridine rings is 1. The van der Waals surface area contributed by atoms with Gasteiger partial charge >= 0.3 is 0 Å². The number of benzene rings is 1. The maximum atomic E-state index is 12.4. The molecule has 0 aliphatic carbocycles. The van der Waals surface area contributed by atoms with Crippen molar-refractivity contribution in [2.75, 3.05) is 19.7 Å². The highest BCUT2D eigenvalue weighted by Crippen LogP contribution is 2.42. The number of nitrogens with zero attached hydrogens (tertiary/aromatic N) is 3. The zero-order chi connectivity index (χ0) is 19.7. The lowest BCUT2D eigenvalue weighted by Gasteiger charge is -2.58. The molecule has 2 aliphatic heterocycles. The van der Waals surface area contributed by atoms with Crippen molar-refractivity contribution in [3.63, 3.8) is 0 Å². The summed E-state index contributed by atoms with van der Waals surface area (Å²) in [6.45, 7) is 1.99. The van der Waals surface area contributed by atoms with E-state index in [1.54, 1.807) is 22.2 Å². The highest BCUT2D eigenvalue weighted by atomic mass is 16.3. The molecule has 0 bridgehead atoms. The Hall–Kier alpha value is -3.17. The van der Waals surface area contributed by atoms with E-state index in [1.807, 2.05) is 36.4 Å². The largest absolute Gasteiger partial charge is 0.394 e. The second-order valence-electron chi connectivity index (χ2n) is 7.16. The number of rotatable bonds is 2. The van der Waals surface area contributed by atoms with Gasteiger partial charge in [-0.25, -0.2) is 0 Å². The van der Waals surface area contributed by atoms with E-state index < -0.39 is 0 Å². The van der Waals surface area contributed by atoms with Crippen LogP contribution in [0.4, 0.5) is 0 Å². The van der Waals surface area contributed by atoms with Crippen LogP contribution in [0, 0.1) is 11.8 Å². The second-order valence-corrected chi connectivity index (χ2v) is 7.16. The molecule has 0 radical (unpaired) electrons. The summed E-state index contributed by atoms with van der Waals surface area (Å²) >= 11 is 0. The predicted molar refractivity (Wildman–Crippen MR) is 103 cm³/mol. The fourth-order valence-corrected chi connectivity index (χ4v) is 4.11. The molecule has 2 amide bonds. The van der Waals surface area contributed by atoms with Gasteiger partial charge < -0.3 is 14.9 Å². The van der Waals surface area contributed by atoms with Crippen LogP contribution in [-0.2, 0) is 9.59 Å². The van der Waals surface area contributed by atoms with Crippen molar-refractivity contribution in [3.05, 3.63) is 65.5 Å². The number of aliphatic hydroxyl groups is 1. The van der Waals surface area contributed by atoms with E-state index in [-0.39, 0.29) is 43.0 Å². The van der Waals surface area contributed by atoms with Gasteiger partial charge in [0.2, 0.25) is 11.8 Å². The molecule has 0 unspecified atom stereocenters. The molecule has 3 atom stereocenters. The van der Waals surface area contributed by atoms with Crippen molar-refractivity contribution >= 4 is 11.8 Å². The quantitative estimate of drug-likeness (QED) is 0.795.